The Morgan fingerprint density at radius 2 is 1.65 bits per heavy atom. The van der Waals surface area contributed by atoms with E-state index in [0.29, 0.717) is 12.8 Å². The summed E-state index contributed by atoms with van der Waals surface area (Å²) in [7, 11) is 0. The van der Waals surface area contributed by atoms with Crippen LogP contribution in [-0.2, 0) is 18.4 Å². The number of aryl methyl sites for hydroxylation is 1. The SMILES string of the molecule is CCc1ccc(CC(O)(CC)c2cccc(Br)c2)cc1. The molecule has 0 aliphatic rings. The first-order valence-corrected chi connectivity index (χ1v) is 7.93. The molecular weight excluding hydrogens is 312 g/mol. The monoisotopic (exact) mass is 332 g/mol. The molecule has 2 rings (SSSR count). The van der Waals surface area contributed by atoms with Gasteiger partial charge in [0.25, 0.3) is 0 Å². The lowest BCUT2D eigenvalue weighted by molar-refractivity contribution is 0.0327. The highest BCUT2D eigenvalue weighted by atomic mass is 79.9. The predicted octanol–water partition coefficient (Wildman–Crippen LogP) is 4.85. The summed E-state index contributed by atoms with van der Waals surface area (Å²) in [6.07, 6.45) is 2.38. The normalized spacial score (nSPS) is 14.0. The van der Waals surface area contributed by atoms with Crippen LogP contribution in [0.25, 0.3) is 0 Å². The number of aliphatic hydroxyl groups is 1. The van der Waals surface area contributed by atoms with E-state index >= 15 is 0 Å². The second kappa shape index (κ2) is 6.55. The fourth-order valence-corrected chi connectivity index (χ4v) is 2.84. The zero-order valence-electron chi connectivity index (χ0n) is 12.1. The van der Waals surface area contributed by atoms with Gasteiger partial charge in [-0.25, -0.2) is 0 Å². The van der Waals surface area contributed by atoms with E-state index in [2.05, 4.69) is 47.1 Å². The Kier molecular flexibility index (Phi) is 5.00. The van der Waals surface area contributed by atoms with E-state index in [-0.39, 0.29) is 0 Å². The molecule has 2 heteroatoms. The van der Waals surface area contributed by atoms with Crippen molar-refractivity contribution in [2.45, 2.75) is 38.7 Å². The lowest BCUT2D eigenvalue weighted by Crippen LogP contribution is -2.27. The molecule has 0 saturated heterocycles. The summed E-state index contributed by atoms with van der Waals surface area (Å²) in [4.78, 5) is 0. The van der Waals surface area contributed by atoms with Gasteiger partial charge in [-0.05, 0) is 41.7 Å². The topological polar surface area (TPSA) is 20.2 Å². The van der Waals surface area contributed by atoms with Crippen molar-refractivity contribution in [1.29, 1.82) is 0 Å². The van der Waals surface area contributed by atoms with E-state index in [1.165, 1.54) is 11.1 Å². The third-order valence-electron chi connectivity index (χ3n) is 3.87. The molecule has 0 heterocycles. The lowest BCUT2D eigenvalue weighted by Gasteiger charge is -2.28. The van der Waals surface area contributed by atoms with Crippen LogP contribution in [0, 0.1) is 0 Å². The van der Waals surface area contributed by atoms with Crippen molar-refractivity contribution in [2.24, 2.45) is 0 Å². The molecule has 0 aromatic heterocycles. The Balaban J connectivity index is 2.26. The van der Waals surface area contributed by atoms with Crippen LogP contribution in [0.4, 0.5) is 0 Å². The van der Waals surface area contributed by atoms with E-state index in [0.717, 1.165) is 16.5 Å². The zero-order valence-corrected chi connectivity index (χ0v) is 13.7. The molecule has 0 spiro atoms. The van der Waals surface area contributed by atoms with Crippen molar-refractivity contribution in [3.8, 4) is 0 Å². The molecule has 1 atom stereocenters. The maximum Gasteiger partial charge on any atom is 0.0934 e. The summed E-state index contributed by atoms with van der Waals surface area (Å²) >= 11 is 3.48. The molecule has 0 saturated carbocycles. The van der Waals surface area contributed by atoms with Gasteiger partial charge in [0.05, 0.1) is 5.60 Å². The second-order valence-corrected chi connectivity index (χ2v) is 6.16. The molecule has 1 unspecified atom stereocenters. The first-order chi connectivity index (χ1) is 9.57. The molecule has 106 valence electrons. The molecule has 0 aliphatic heterocycles. The van der Waals surface area contributed by atoms with Gasteiger partial charge in [0.15, 0.2) is 0 Å². The Bertz CT molecular complexity index is 562. The van der Waals surface area contributed by atoms with Crippen LogP contribution in [0.2, 0.25) is 0 Å². The maximum absolute atomic E-state index is 11.0. The maximum atomic E-state index is 11.0. The third kappa shape index (κ3) is 3.50. The van der Waals surface area contributed by atoms with Crippen LogP contribution in [0.3, 0.4) is 0 Å². The third-order valence-corrected chi connectivity index (χ3v) is 4.37. The van der Waals surface area contributed by atoms with E-state index < -0.39 is 5.60 Å². The van der Waals surface area contributed by atoms with Crippen LogP contribution in [0.5, 0.6) is 0 Å². The summed E-state index contributed by atoms with van der Waals surface area (Å²) in [6.45, 7) is 4.18. The summed E-state index contributed by atoms with van der Waals surface area (Å²) in [5, 5.41) is 11.0. The minimum Gasteiger partial charge on any atom is -0.385 e. The summed E-state index contributed by atoms with van der Waals surface area (Å²) in [6, 6.07) is 16.5. The van der Waals surface area contributed by atoms with E-state index in [1.807, 2.05) is 31.2 Å². The predicted molar refractivity (Wildman–Crippen MR) is 87.9 cm³/mol. The molecule has 0 radical (unpaired) electrons. The number of halogens is 1. The van der Waals surface area contributed by atoms with Gasteiger partial charge >= 0.3 is 0 Å². The van der Waals surface area contributed by atoms with Crippen LogP contribution in [0.1, 0.15) is 37.0 Å². The van der Waals surface area contributed by atoms with Gasteiger partial charge in [-0.2, -0.15) is 0 Å². The van der Waals surface area contributed by atoms with Gasteiger partial charge in [0.2, 0.25) is 0 Å². The minimum atomic E-state index is -0.808. The molecule has 2 aromatic rings. The van der Waals surface area contributed by atoms with Crippen molar-refractivity contribution < 1.29 is 5.11 Å². The highest BCUT2D eigenvalue weighted by Gasteiger charge is 2.27. The highest BCUT2D eigenvalue weighted by Crippen LogP contribution is 2.31. The smallest absolute Gasteiger partial charge is 0.0934 e. The van der Waals surface area contributed by atoms with Crippen molar-refractivity contribution in [3.63, 3.8) is 0 Å². The Morgan fingerprint density at radius 3 is 2.20 bits per heavy atom. The van der Waals surface area contributed by atoms with E-state index in [4.69, 9.17) is 0 Å². The van der Waals surface area contributed by atoms with Crippen LogP contribution < -0.4 is 0 Å². The number of hydrogen-bond acceptors (Lipinski definition) is 1. The van der Waals surface area contributed by atoms with Crippen molar-refractivity contribution >= 4 is 15.9 Å². The molecule has 20 heavy (non-hydrogen) atoms. The van der Waals surface area contributed by atoms with Gasteiger partial charge in [0.1, 0.15) is 0 Å². The summed E-state index contributed by atoms with van der Waals surface area (Å²) in [5.41, 5.74) is 2.66. The van der Waals surface area contributed by atoms with Crippen molar-refractivity contribution in [2.75, 3.05) is 0 Å². The fourth-order valence-electron chi connectivity index (χ4n) is 2.44. The van der Waals surface area contributed by atoms with Gasteiger partial charge in [0, 0.05) is 10.9 Å². The van der Waals surface area contributed by atoms with E-state index in [1.54, 1.807) is 0 Å². The van der Waals surface area contributed by atoms with Gasteiger partial charge < -0.3 is 5.11 Å². The lowest BCUT2D eigenvalue weighted by atomic mass is 9.85. The first kappa shape index (κ1) is 15.3. The van der Waals surface area contributed by atoms with Crippen molar-refractivity contribution in [3.05, 3.63) is 69.7 Å². The molecule has 0 bridgehead atoms. The van der Waals surface area contributed by atoms with Crippen LogP contribution in [0.15, 0.2) is 53.0 Å². The zero-order chi connectivity index (χ0) is 14.6. The average Bonchev–Trinajstić information content (AvgIpc) is 2.48. The highest BCUT2D eigenvalue weighted by molar-refractivity contribution is 9.10. The molecule has 0 aliphatic carbocycles. The molecule has 1 nitrogen and oxygen atoms in total. The molecular formula is C18H21BrO. The Labute approximate surface area is 129 Å². The second-order valence-electron chi connectivity index (χ2n) is 5.24. The van der Waals surface area contributed by atoms with Gasteiger partial charge in [-0.1, -0.05) is 66.2 Å². The van der Waals surface area contributed by atoms with Crippen molar-refractivity contribution in [1.82, 2.24) is 0 Å². The fraction of sp³-hybridized carbons (Fsp3) is 0.333. The Morgan fingerprint density at radius 1 is 1.00 bits per heavy atom. The standard InChI is InChI=1S/C18H21BrO/c1-3-14-8-10-15(11-9-14)13-18(20,4-2)16-6-5-7-17(19)12-16/h5-12,20H,3-4,13H2,1-2H3. The quantitative estimate of drug-likeness (QED) is 0.829. The van der Waals surface area contributed by atoms with E-state index in [9.17, 15) is 5.11 Å². The molecule has 0 amide bonds. The van der Waals surface area contributed by atoms with Gasteiger partial charge in [-0.15, -0.1) is 0 Å². The Hall–Kier alpha value is -1.12. The molecule has 1 N–H and O–H groups in total. The molecule has 2 aromatic carbocycles. The summed E-state index contributed by atoms with van der Waals surface area (Å²) < 4.78 is 1.00. The largest absolute Gasteiger partial charge is 0.385 e. The van der Waals surface area contributed by atoms with Crippen LogP contribution in [-0.4, -0.2) is 5.11 Å². The van der Waals surface area contributed by atoms with Crippen LogP contribution >= 0.6 is 15.9 Å². The van der Waals surface area contributed by atoms with Gasteiger partial charge in [-0.3, -0.25) is 0 Å². The number of hydrogen-bond donors (Lipinski definition) is 1. The molecule has 0 fully saturated rings. The minimum absolute atomic E-state index is 0.643. The number of benzene rings is 2. The summed E-state index contributed by atoms with van der Waals surface area (Å²) in [5.74, 6) is 0. The average molecular weight is 333 g/mol. The number of rotatable bonds is 5. The first-order valence-electron chi connectivity index (χ1n) is 7.13.